The summed E-state index contributed by atoms with van der Waals surface area (Å²) in [7, 11) is 1.93. The molecule has 0 radical (unpaired) electrons. The molecule has 1 rings (SSSR count). The van der Waals surface area contributed by atoms with Crippen LogP contribution in [0.15, 0.2) is 18.3 Å². The number of rotatable bonds is 6. The first-order valence-electron chi connectivity index (χ1n) is 5.57. The highest BCUT2D eigenvalue weighted by molar-refractivity contribution is 6.30. The summed E-state index contributed by atoms with van der Waals surface area (Å²) in [4.78, 5) is 17.2. The van der Waals surface area contributed by atoms with Crippen LogP contribution in [0.25, 0.3) is 0 Å². The normalized spacial score (nSPS) is 10.6. The molecule has 5 heteroatoms. The fourth-order valence-corrected chi connectivity index (χ4v) is 1.60. The van der Waals surface area contributed by atoms with Crippen LogP contribution >= 0.6 is 11.6 Å². The van der Waals surface area contributed by atoms with Gasteiger partial charge in [-0.25, -0.2) is 4.98 Å². The van der Waals surface area contributed by atoms with Crippen LogP contribution in [-0.2, 0) is 16.1 Å². The molecule has 0 saturated heterocycles. The summed E-state index contributed by atoms with van der Waals surface area (Å²) in [5, 5.41) is 0.510. The standard InChI is InChI=1S/C12H17ClN2O2/c1-3-17-11(16)6-8-15(2)9-10-5-4-7-14-12(10)13/h4-5,7H,3,6,8-9H2,1-2H3. The highest BCUT2D eigenvalue weighted by Crippen LogP contribution is 2.13. The van der Waals surface area contributed by atoms with Crippen molar-refractivity contribution in [2.45, 2.75) is 19.9 Å². The van der Waals surface area contributed by atoms with E-state index in [0.717, 1.165) is 5.56 Å². The number of carbonyl (C=O) groups excluding carboxylic acids is 1. The maximum absolute atomic E-state index is 11.2. The number of pyridine rings is 1. The highest BCUT2D eigenvalue weighted by atomic mass is 35.5. The molecule has 94 valence electrons. The molecular weight excluding hydrogens is 240 g/mol. The zero-order chi connectivity index (χ0) is 12.7. The van der Waals surface area contributed by atoms with Crippen LogP contribution < -0.4 is 0 Å². The molecular formula is C12H17ClN2O2. The first-order valence-corrected chi connectivity index (χ1v) is 5.94. The Kier molecular flexibility index (Phi) is 5.94. The average Bonchev–Trinajstić information content (AvgIpc) is 2.30. The monoisotopic (exact) mass is 256 g/mol. The number of ether oxygens (including phenoxy) is 1. The first kappa shape index (κ1) is 13.9. The van der Waals surface area contributed by atoms with Gasteiger partial charge in [0, 0.05) is 24.8 Å². The van der Waals surface area contributed by atoms with E-state index < -0.39 is 0 Å². The topological polar surface area (TPSA) is 42.4 Å². The van der Waals surface area contributed by atoms with Gasteiger partial charge >= 0.3 is 5.97 Å². The van der Waals surface area contributed by atoms with Crippen molar-refractivity contribution in [1.29, 1.82) is 0 Å². The molecule has 1 aromatic rings. The van der Waals surface area contributed by atoms with Crippen molar-refractivity contribution in [3.63, 3.8) is 0 Å². The van der Waals surface area contributed by atoms with E-state index in [1.165, 1.54) is 0 Å². The quantitative estimate of drug-likeness (QED) is 0.578. The Morgan fingerprint density at radius 3 is 3.00 bits per heavy atom. The molecule has 0 aliphatic heterocycles. The van der Waals surface area contributed by atoms with E-state index in [9.17, 15) is 4.79 Å². The largest absolute Gasteiger partial charge is 0.466 e. The minimum absolute atomic E-state index is 0.170. The lowest BCUT2D eigenvalue weighted by atomic mass is 10.2. The molecule has 0 aliphatic carbocycles. The third-order valence-electron chi connectivity index (χ3n) is 2.28. The Bertz CT molecular complexity index is 371. The number of nitrogens with zero attached hydrogens (tertiary/aromatic N) is 2. The van der Waals surface area contributed by atoms with Crippen LogP contribution in [0, 0.1) is 0 Å². The van der Waals surface area contributed by atoms with Gasteiger partial charge in [-0.1, -0.05) is 17.7 Å². The molecule has 0 saturated carbocycles. The van der Waals surface area contributed by atoms with Gasteiger partial charge in [-0.3, -0.25) is 4.79 Å². The Morgan fingerprint density at radius 2 is 2.35 bits per heavy atom. The number of carbonyl (C=O) groups is 1. The molecule has 4 nitrogen and oxygen atoms in total. The molecule has 0 bridgehead atoms. The lowest BCUT2D eigenvalue weighted by Gasteiger charge is -2.16. The SMILES string of the molecule is CCOC(=O)CCN(C)Cc1cccnc1Cl. The van der Waals surface area contributed by atoms with Gasteiger partial charge in [-0.2, -0.15) is 0 Å². The predicted octanol–water partition coefficient (Wildman–Crippen LogP) is 2.12. The maximum Gasteiger partial charge on any atom is 0.307 e. The Labute approximate surface area is 107 Å². The molecule has 0 amide bonds. The predicted molar refractivity (Wildman–Crippen MR) is 66.8 cm³/mol. The summed E-state index contributed by atoms with van der Waals surface area (Å²) in [6.45, 7) is 3.55. The van der Waals surface area contributed by atoms with Crippen LogP contribution in [0.3, 0.4) is 0 Å². The summed E-state index contributed by atoms with van der Waals surface area (Å²) in [5.41, 5.74) is 0.959. The average molecular weight is 257 g/mol. The third-order valence-corrected chi connectivity index (χ3v) is 2.62. The molecule has 0 N–H and O–H groups in total. The second kappa shape index (κ2) is 7.25. The maximum atomic E-state index is 11.2. The molecule has 0 spiro atoms. The zero-order valence-electron chi connectivity index (χ0n) is 10.1. The fourth-order valence-electron chi connectivity index (χ4n) is 1.42. The van der Waals surface area contributed by atoms with Crippen LogP contribution in [0.2, 0.25) is 5.15 Å². The van der Waals surface area contributed by atoms with Gasteiger partial charge in [-0.05, 0) is 20.0 Å². The van der Waals surface area contributed by atoms with E-state index >= 15 is 0 Å². The van der Waals surface area contributed by atoms with Crippen molar-refractivity contribution in [1.82, 2.24) is 9.88 Å². The fraction of sp³-hybridized carbons (Fsp3) is 0.500. The van der Waals surface area contributed by atoms with Crippen LogP contribution in [0.5, 0.6) is 0 Å². The van der Waals surface area contributed by atoms with E-state index in [2.05, 4.69) is 4.98 Å². The summed E-state index contributed by atoms with van der Waals surface area (Å²) in [6.07, 6.45) is 2.05. The number of halogens is 1. The molecule has 0 aliphatic rings. The van der Waals surface area contributed by atoms with Crippen LogP contribution in [-0.4, -0.2) is 36.1 Å². The van der Waals surface area contributed by atoms with E-state index in [-0.39, 0.29) is 5.97 Å². The minimum atomic E-state index is -0.170. The number of hydrogen-bond donors (Lipinski definition) is 0. The first-order chi connectivity index (χ1) is 8.13. The molecule has 0 fully saturated rings. The molecule has 1 heterocycles. The third kappa shape index (κ3) is 5.15. The molecule has 17 heavy (non-hydrogen) atoms. The number of aromatic nitrogens is 1. The molecule has 1 aromatic heterocycles. The van der Waals surface area contributed by atoms with Gasteiger partial charge in [-0.15, -0.1) is 0 Å². The lowest BCUT2D eigenvalue weighted by molar-refractivity contribution is -0.143. The van der Waals surface area contributed by atoms with Gasteiger partial charge in [0.25, 0.3) is 0 Å². The Morgan fingerprint density at radius 1 is 1.59 bits per heavy atom. The van der Waals surface area contributed by atoms with Crippen molar-refractivity contribution in [3.8, 4) is 0 Å². The van der Waals surface area contributed by atoms with E-state index in [1.54, 1.807) is 13.1 Å². The summed E-state index contributed by atoms with van der Waals surface area (Å²) in [5.74, 6) is -0.170. The zero-order valence-corrected chi connectivity index (χ0v) is 10.9. The molecule has 0 aromatic carbocycles. The van der Waals surface area contributed by atoms with Crippen molar-refractivity contribution in [2.75, 3.05) is 20.2 Å². The summed E-state index contributed by atoms with van der Waals surface area (Å²) in [6, 6.07) is 3.77. The lowest BCUT2D eigenvalue weighted by Crippen LogP contribution is -2.22. The van der Waals surface area contributed by atoms with Gasteiger partial charge in [0.05, 0.1) is 13.0 Å². The van der Waals surface area contributed by atoms with Gasteiger partial charge in [0.15, 0.2) is 0 Å². The van der Waals surface area contributed by atoms with Gasteiger partial charge in [0.2, 0.25) is 0 Å². The van der Waals surface area contributed by atoms with Crippen LogP contribution in [0.1, 0.15) is 18.9 Å². The second-order valence-electron chi connectivity index (χ2n) is 3.75. The van der Waals surface area contributed by atoms with Crippen molar-refractivity contribution in [2.24, 2.45) is 0 Å². The van der Waals surface area contributed by atoms with Gasteiger partial charge < -0.3 is 9.64 Å². The molecule has 0 unspecified atom stereocenters. The van der Waals surface area contributed by atoms with E-state index in [0.29, 0.717) is 31.3 Å². The Balaban J connectivity index is 2.37. The summed E-state index contributed by atoms with van der Waals surface area (Å²) >= 11 is 5.95. The van der Waals surface area contributed by atoms with Crippen molar-refractivity contribution < 1.29 is 9.53 Å². The van der Waals surface area contributed by atoms with E-state index in [1.807, 2.05) is 24.1 Å². The minimum Gasteiger partial charge on any atom is -0.466 e. The smallest absolute Gasteiger partial charge is 0.307 e. The highest BCUT2D eigenvalue weighted by Gasteiger charge is 2.07. The van der Waals surface area contributed by atoms with Crippen molar-refractivity contribution >= 4 is 17.6 Å². The number of esters is 1. The van der Waals surface area contributed by atoms with Crippen LogP contribution in [0.4, 0.5) is 0 Å². The van der Waals surface area contributed by atoms with Gasteiger partial charge in [0.1, 0.15) is 5.15 Å². The molecule has 0 atom stereocenters. The second-order valence-corrected chi connectivity index (χ2v) is 4.10. The Hall–Kier alpha value is -1.13. The number of hydrogen-bond acceptors (Lipinski definition) is 4. The van der Waals surface area contributed by atoms with E-state index in [4.69, 9.17) is 16.3 Å². The van der Waals surface area contributed by atoms with Crippen molar-refractivity contribution in [3.05, 3.63) is 29.0 Å². The summed E-state index contributed by atoms with van der Waals surface area (Å²) < 4.78 is 4.86.